The molecule has 95 valence electrons. The number of fused-ring (bicyclic) bond motifs is 1. The molecule has 0 saturated heterocycles. The van der Waals surface area contributed by atoms with E-state index in [0.717, 1.165) is 0 Å². The van der Waals surface area contributed by atoms with Crippen molar-refractivity contribution in [1.82, 2.24) is 0 Å². The number of benzene rings is 1. The van der Waals surface area contributed by atoms with Crippen LogP contribution in [0.5, 0.6) is 0 Å². The van der Waals surface area contributed by atoms with Crippen LogP contribution in [0.25, 0.3) is 6.08 Å². The summed E-state index contributed by atoms with van der Waals surface area (Å²) >= 11 is 1.50. The first-order chi connectivity index (χ1) is 8.93. The fraction of sp³-hybridized carbons (Fsp3) is 0.294. The quantitative estimate of drug-likeness (QED) is 0.727. The molecule has 1 heteroatoms. The molecule has 0 amide bonds. The predicted molar refractivity (Wildman–Crippen MR) is 73.9 cm³/mol. The molecule has 1 unspecified atom stereocenters. The SMILES string of the molecule is C1=CCCCC[C]([Co][CH]2C=Cc3ccccc32)=C1. The summed E-state index contributed by atoms with van der Waals surface area (Å²) in [5.74, 6) is 0. The van der Waals surface area contributed by atoms with Crippen LogP contribution in [-0.4, -0.2) is 0 Å². The van der Waals surface area contributed by atoms with Gasteiger partial charge in [-0.1, -0.05) is 0 Å². The molecule has 2 aliphatic carbocycles. The van der Waals surface area contributed by atoms with Crippen molar-refractivity contribution in [3.63, 3.8) is 0 Å². The van der Waals surface area contributed by atoms with Gasteiger partial charge >= 0.3 is 116 Å². The predicted octanol–water partition coefficient (Wildman–Crippen LogP) is 4.85. The Bertz CT molecular complexity index is 508. The fourth-order valence-corrected chi connectivity index (χ4v) is 3.97. The van der Waals surface area contributed by atoms with E-state index in [1.807, 2.05) is 0 Å². The van der Waals surface area contributed by atoms with Gasteiger partial charge in [-0.25, -0.2) is 0 Å². The first-order valence-corrected chi connectivity index (χ1v) is 7.77. The monoisotopic (exact) mass is 281 g/mol. The molecule has 0 bridgehead atoms. The summed E-state index contributed by atoms with van der Waals surface area (Å²) in [7, 11) is 0. The van der Waals surface area contributed by atoms with E-state index in [1.165, 1.54) is 51.5 Å². The zero-order valence-corrected chi connectivity index (χ0v) is 11.5. The molecule has 3 rings (SSSR count). The number of allylic oxidation sites excluding steroid dienone is 5. The Kier molecular flexibility index (Phi) is 3.82. The molecule has 18 heavy (non-hydrogen) atoms. The van der Waals surface area contributed by atoms with E-state index in [9.17, 15) is 0 Å². The molecule has 0 aliphatic heterocycles. The van der Waals surface area contributed by atoms with Gasteiger partial charge < -0.3 is 0 Å². The van der Waals surface area contributed by atoms with Crippen molar-refractivity contribution in [2.45, 2.75) is 30.5 Å². The average Bonchev–Trinajstić information content (AvgIpc) is 2.76. The van der Waals surface area contributed by atoms with Gasteiger partial charge in [0.1, 0.15) is 0 Å². The Morgan fingerprint density at radius 3 is 3.06 bits per heavy atom. The minimum absolute atomic E-state index is 0.566. The van der Waals surface area contributed by atoms with Crippen molar-refractivity contribution < 1.29 is 14.7 Å². The molecule has 0 fully saturated rings. The summed E-state index contributed by atoms with van der Waals surface area (Å²) in [6, 6.07) is 8.76. The zero-order valence-electron chi connectivity index (χ0n) is 10.4. The minimum atomic E-state index is 0.566. The normalized spacial score (nSPS) is 22.4. The maximum absolute atomic E-state index is 2.36. The van der Waals surface area contributed by atoms with Crippen molar-refractivity contribution in [2.24, 2.45) is 0 Å². The van der Waals surface area contributed by atoms with Crippen LogP contribution in [0.2, 0.25) is 0 Å². The Morgan fingerprint density at radius 2 is 2.06 bits per heavy atom. The maximum atomic E-state index is 2.36. The van der Waals surface area contributed by atoms with Crippen molar-refractivity contribution >= 4 is 6.08 Å². The Morgan fingerprint density at radius 1 is 1.11 bits per heavy atom. The summed E-state index contributed by atoms with van der Waals surface area (Å²) in [5.41, 5.74) is 2.89. The molecular formula is C17H18Co. The molecule has 0 nitrogen and oxygen atoms in total. The third kappa shape index (κ3) is 2.68. The molecule has 0 spiro atoms. The van der Waals surface area contributed by atoms with Crippen molar-refractivity contribution in [2.75, 3.05) is 0 Å². The van der Waals surface area contributed by atoms with Crippen LogP contribution >= 0.6 is 0 Å². The van der Waals surface area contributed by atoms with Gasteiger partial charge in [0.25, 0.3) is 0 Å². The molecule has 1 atom stereocenters. The van der Waals surface area contributed by atoms with E-state index in [1.54, 1.807) is 4.51 Å². The van der Waals surface area contributed by atoms with E-state index in [0.29, 0.717) is 4.85 Å². The van der Waals surface area contributed by atoms with Gasteiger partial charge in [-0.3, -0.25) is 0 Å². The van der Waals surface area contributed by atoms with Gasteiger partial charge in [-0.15, -0.1) is 0 Å². The molecular weight excluding hydrogens is 263 g/mol. The van der Waals surface area contributed by atoms with Gasteiger partial charge in [0.05, 0.1) is 0 Å². The van der Waals surface area contributed by atoms with Crippen LogP contribution in [0.15, 0.2) is 53.1 Å². The van der Waals surface area contributed by atoms with Crippen LogP contribution < -0.4 is 0 Å². The van der Waals surface area contributed by atoms with Gasteiger partial charge in [0.15, 0.2) is 0 Å². The summed E-state index contributed by atoms with van der Waals surface area (Å²) in [6.45, 7) is 0. The second-order valence-corrected chi connectivity index (χ2v) is 6.33. The van der Waals surface area contributed by atoms with Crippen LogP contribution in [0.4, 0.5) is 0 Å². The first kappa shape index (κ1) is 12.0. The second-order valence-electron chi connectivity index (χ2n) is 4.72. The zero-order chi connectivity index (χ0) is 12.2. The Balaban J connectivity index is 1.76. The molecule has 1 aromatic rings. The Labute approximate surface area is 115 Å². The van der Waals surface area contributed by atoms with Gasteiger partial charge in [-0.2, -0.15) is 0 Å². The fourth-order valence-electron chi connectivity index (χ4n) is 2.38. The molecule has 0 radical (unpaired) electrons. The molecule has 0 heterocycles. The van der Waals surface area contributed by atoms with E-state index >= 15 is 0 Å². The Hall–Kier alpha value is -1.05. The average molecular weight is 281 g/mol. The number of rotatable bonds is 2. The van der Waals surface area contributed by atoms with Gasteiger partial charge in [0.2, 0.25) is 0 Å². The van der Waals surface area contributed by atoms with E-state index < -0.39 is 0 Å². The third-order valence-corrected chi connectivity index (χ3v) is 5.04. The van der Waals surface area contributed by atoms with E-state index in [2.05, 4.69) is 54.6 Å². The van der Waals surface area contributed by atoms with Crippen molar-refractivity contribution in [1.29, 1.82) is 0 Å². The van der Waals surface area contributed by atoms with E-state index in [-0.39, 0.29) is 0 Å². The van der Waals surface area contributed by atoms with E-state index in [4.69, 9.17) is 0 Å². The van der Waals surface area contributed by atoms with Crippen molar-refractivity contribution in [3.05, 3.63) is 64.2 Å². The van der Waals surface area contributed by atoms with Gasteiger partial charge in [-0.05, 0) is 0 Å². The van der Waals surface area contributed by atoms with Crippen molar-refractivity contribution in [3.8, 4) is 0 Å². The van der Waals surface area contributed by atoms with Crippen LogP contribution in [0, 0.1) is 0 Å². The molecule has 2 aliphatic rings. The molecule has 0 aromatic heterocycles. The second kappa shape index (κ2) is 5.72. The third-order valence-electron chi connectivity index (χ3n) is 3.37. The summed E-state index contributed by atoms with van der Waals surface area (Å²) in [6.07, 6.45) is 16.7. The van der Waals surface area contributed by atoms with Crippen LogP contribution in [-0.2, 0) is 14.7 Å². The summed E-state index contributed by atoms with van der Waals surface area (Å²) in [5, 5.41) is 0. The molecule has 0 N–H and O–H groups in total. The summed E-state index contributed by atoms with van der Waals surface area (Å²) < 4.78 is 1.58. The first-order valence-electron chi connectivity index (χ1n) is 6.65. The standard InChI is InChI=1S/C9H7.C8H11.Co/c1-2-5-9-7-3-6-8(9)4-1;1-2-4-6-8-7-5-3-1;/h1-7H;1-3H,4,6-8H2;. The number of hydrogen-bond acceptors (Lipinski definition) is 0. The van der Waals surface area contributed by atoms with Crippen LogP contribution in [0.1, 0.15) is 41.7 Å². The topological polar surface area (TPSA) is 0 Å². The number of hydrogen-bond donors (Lipinski definition) is 0. The molecule has 0 saturated carbocycles. The van der Waals surface area contributed by atoms with Crippen LogP contribution in [0.3, 0.4) is 0 Å². The van der Waals surface area contributed by atoms with Gasteiger partial charge in [0, 0.05) is 0 Å². The molecule has 1 aromatic carbocycles. The summed E-state index contributed by atoms with van der Waals surface area (Å²) in [4.78, 5) is 0.566.